The van der Waals surface area contributed by atoms with Crippen LogP contribution < -0.4 is 10.1 Å². The Bertz CT molecular complexity index is 787. The van der Waals surface area contributed by atoms with E-state index in [-0.39, 0.29) is 12.3 Å². The summed E-state index contributed by atoms with van der Waals surface area (Å²) in [6.45, 7) is 2.16. The number of esters is 1. The predicted octanol–water partition coefficient (Wildman–Crippen LogP) is 3.57. The molecule has 8 heteroatoms. The second-order valence-corrected chi connectivity index (χ2v) is 5.65. The summed E-state index contributed by atoms with van der Waals surface area (Å²) in [6, 6.07) is 11.8. The molecule has 0 aromatic heterocycles. The molecule has 0 aliphatic heterocycles. The fraction of sp³-hybridized carbons (Fsp3) is 0.263. The van der Waals surface area contributed by atoms with Crippen molar-refractivity contribution >= 4 is 23.3 Å². The van der Waals surface area contributed by atoms with Gasteiger partial charge in [0.15, 0.2) is 6.61 Å². The third kappa shape index (κ3) is 6.43. The maximum atomic E-state index is 11.9. The van der Waals surface area contributed by atoms with E-state index >= 15 is 0 Å². The number of nitro groups is 1. The smallest absolute Gasteiger partial charge is 0.338 e. The zero-order valence-electron chi connectivity index (χ0n) is 14.8. The Morgan fingerprint density at radius 1 is 1.07 bits per heavy atom. The molecule has 27 heavy (non-hydrogen) atoms. The minimum Gasteiger partial charge on any atom is -0.484 e. The molecule has 0 aliphatic carbocycles. The number of nitrogens with one attached hydrogen (secondary N) is 1. The molecule has 0 heterocycles. The van der Waals surface area contributed by atoms with Crippen molar-refractivity contribution in [2.75, 3.05) is 18.5 Å². The molecule has 0 saturated carbocycles. The number of amides is 1. The monoisotopic (exact) mass is 372 g/mol. The molecule has 2 aromatic carbocycles. The molecule has 8 nitrogen and oxygen atoms in total. The van der Waals surface area contributed by atoms with E-state index in [0.29, 0.717) is 23.6 Å². The molecule has 0 bridgehead atoms. The zero-order valence-corrected chi connectivity index (χ0v) is 14.8. The Morgan fingerprint density at radius 2 is 1.74 bits per heavy atom. The summed E-state index contributed by atoms with van der Waals surface area (Å²) in [6.07, 6.45) is 1.76. The first kappa shape index (κ1) is 19.9. The molecule has 1 amide bonds. The number of nitro benzene ring substituents is 1. The molecule has 142 valence electrons. The van der Waals surface area contributed by atoms with Gasteiger partial charge in [0.25, 0.3) is 11.6 Å². The Kier molecular flexibility index (Phi) is 7.30. The molecule has 1 N–H and O–H groups in total. The van der Waals surface area contributed by atoms with Crippen LogP contribution in [0, 0.1) is 10.1 Å². The number of hydrogen-bond acceptors (Lipinski definition) is 6. The van der Waals surface area contributed by atoms with Crippen LogP contribution in [0.3, 0.4) is 0 Å². The van der Waals surface area contributed by atoms with Gasteiger partial charge in [0.2, 0.25) is 0 Å². The van der Waals surface area contributed by atoms with Crippen molar-refractivity contribution in [3.8, 4) is 5.75 Å². The number of unbranched alkanes of at least 4 members (excludes halogenated alkanes) is 1. The van der Waals surface area contributed by atoms with E-state index in [0.717, 1.165) is 12.8 Å². The Hall–Kier alpha value is -3.42. The Labute approximate surface area is 156 Å². The van der Waals surface area contributed by atoms with Gasteiger partial charge >= 0.3 is 5.97 Å². The van der Waals surface area contributed by atoms with Crippen LogP contribution >= 0.6 is 0 Å². The normalized spacial score (nSPS) is 10.1. The van der Waals surface area contributed by atoms with Gasteiger partial charge in [-0.25, -0.2) is 4.79 Å². The summed E-state index contributed by atoms with van der Waals surface area (Å²) in [5.41, 5.74) is 0.783. The van der Waals surface area contributed by atoms with Crippen molar-refractivity contribution in [2.45, 2.75) is 19.8 Å². The molecule has 0 spiro atoms. The maximum absolute atomic E-state index is 11.9. The first-order chi connectivity index (χ1) is 13.0. The number of non-ortho nitro benzene ring substituents is 1. The van der Waals surface area contributed by atoms with Crippen LogP contribution in [-0.2, 0) is 9.53 Å². The van der Waals surface area contributed by atoms with Crippen molar-refractivity contribution in [3.63, 3.8) is 0 Å². The minimum atomic E-state index is -0.516. The fourth-order valence-corrected chi connectivity index (χ4v) is 2.09. The van der Waals surface area contributed by atoms with Crippen molar-refractivity contribution in [2.24, 2.45) is 0 Å². The van der Waals surface area contributed by atoms with E-state index in [1.165, 1.54) is 24.3 Å². The van der Waals surface area contributed by atoms with Gasteiger partial charge in [-0.2, -0.15) is 0 Å². The lowest BCUT2D eigenvalue weighted by Gasteiger charge is -2.08. The van der Waals surface area contributed by atoms with Crippen LogP contribution in [0.1, 0.15) is 30.1 Å². The van der Waals surface area contributed by atoms with Gasteiger partial charge in [-0.1, -0.05) is 13.3 Å². The van der Waals surface area contributed by atoms with Gasteiger partial charge in [0, 0.05) is 17.8 Å². The molecule has 2 aromatic rings. The van der Waals surface area contributed by atoms with Crippen LogP contribution in [0.5, 0.6) is 5.75 Å². The lowest BCUT2D eigenvalue weighted by atomic mass is 10.2. The molecule has 2 rings (SSSR count). The number of hydrogen-bond donors (Lipinski definition) is 1. The molecule has 0 fully saturated rings. The maximum Gasteiger partial charge on any atom is 0.338 e. The summed E-state index contributed by atoms with van der Waals surface area (Å²) in [7, 11) is 0. The van der Waals surface area contributed by atoms with Gasteiger partial charge < -0.3 is 14.8 Å². The number of ether oxygens (including phenoxy) is 2. The van der Waals surface area contributed by atoms with Gasteiger partial charge in [-0.3, -0.25) is 14.9 Å². The second kappa shape index (κ2) is 9.91. The van der Waals surface area contributed by atoms with Gasteiger partial charge in [-0.05, 0) is 42.8 Å². The lowest BCUT2D eigenvalue weighted by Crippen LogP contribution is -2.20. The average molecular weight is 372 g/mol. The molecule has 0 saturated heterocycles. The van der Waals surface area contributed by atoms with Crippen LogP contribution in [0.4, 0.5) is 11.4 Å². The van der Waals surface area contributed by atoms with Gasteiger partial charge in [-0.15, -0.1) is 0 Å². The summed E-state index contributed by atoms with van der Waals surface area (Å²) in [4.78, 5) is 33.8. The van der Waals surface area contributed by atoms with E-state index in [1.807, 2.05) is 6.92 Å². The van der Waals surface area contributed by atoms with Crippen LogP contribution in [0.15, 0.2) is 48.5 Å². The van der Waals surface area contributed by atoms with Crippen LogP contribution in [0.2, 0.25) is 0 Å². The number of benzene rings is 2. The van der Waals surface area contributed by atoms with Crippen molar-refractivity contribution < 1.29 is 24.0 Å². The second-order valence-electron chi connectivity index (χ2n) is 5.65. The van der Waals surface area contributed by atoms with Crippen LogP contribution in [0.25, 0.3) is 0 Å². The standard InChI is InChI=1S/C19H20N2O6/c1-2-3-12-26-19(23)14-4-10-17(11-5-14)27-13-18(22)20-15-6-8-16(9-7-15)21(24)25/h4-11H,2-3,12-13H2,1H3,(H,20,22). The minimum absolute atomic E-state index is 0.0578. The molecule has 0 atom stereocenters. The highest BCUT2D eigenvalue weighted by Gasteiger charge is 2.09. The number of anilines is 1. The lowest BCUT2D eigenvalue weighted by molar-refractivity contribution is -0.384. The number of nitrogens with zero attached hydrogens (tertiary/aromatic N) is 1. The molecule has 0 unspecified atom stereocenters. The van der Waals surface area contributed by atoms with E-state index < -0.39 is 16.8 Å². The van der Waals surface area contributed by atoms with Crippen molar-refractivity contribution in [3.05, 3.63) is 64.2 Å². The SMILES string of the molecule is CCCCOC(=O)c1ccc(OCC(=O)Nc2ccc([N+](=O)[O-])cc2)cc1. The summed E-state index contributed by atoms with van der Waals surface area (Å²) in [5.74, 6) is -0.378. The third-order valence-corrected chi connectivity index (χ3v) is 3.55. The summed E-state index contributed by atoms with van der Waals surface area (Å²) in [5, 5.41) is 13.2. The topological polar surface area (TPSA) is 108 Å². The highest BCUT2D eigenvalue weighted by molar-refractivity contribution is 5.92. The number of carbonyl (C=O) groups excluding carboxylic acids is 2. The molecular weight excluding hydrogens is 352 g/mol. The largest absolute Gasteiger partial charge is 0.484 e. The third-order valence-electron chi connectivity index (χ3n) is 3.55. The first-order valence-corrected chi connectivity index (χ1v) is 8.44. The summed E-state index contributed by atoms with van der Waals surface area (Å²) >= 11 is 0. The van der Waals surface area contributed by atoms with Crippen LogP contribution in [-0.4, -0.2) is 30.0 Å². The van der Waals surface area contributed by atoms with Gasteiger partial charge in [0.05, 0.1) is 17.1 Å². The Balaban J connectivity index is 1.80. The zero-order chi connectivity index (χ0) is 19.6. The fourth-order valence-electron chi connectivity index (χ4n) is 2.09. The average Bonchev–Trinajstić information content (AvgIpc) is 2.67. The molecule has 0 radical (unpaired) electrons. The van der Waals surface area contributed by atoms with Gasteiger partial charge in [0.1, 0.15) is 5.75 Å². The highest BCUT2D eigenvalue weighted by atomic mass is 16.6. The molecular formula is C19H20N2O6. The van der Waals surface area contributed by atoms with E-state index in [9.17, 15) is 19.7 Å². The van der Waals surface area contributed by atoms with E-state index in [1.54, 1.807) is 24.3 Å². The first-order valence-electron chi connectivity index (χ1n) is 8.44. The predicted molar refractivity (Wildman–Crippen MR) is 98.9 cm³/mol. The highest BCUT2D eigenvalue weighted by Crippen LogP contribution is 2.16. The van der Waals surface area contributed by atoms with E-state index in [4.69, 9.17) is 9.47 Å². The summed E-state index contributed by atoms with van der Waals surface area (Å²) < 4.78 is 10.5. The molecule has 0 aliphatic rings. The Morgan fingerprint density at radius 3 is 2.33 bits per heavy atom. The van der Waals surface area contributed by atoms with Crippen molar-refractivity contribution in [1.29, 1.82) is 0 Å². The number of rotatable bonds is 9. The number of carbonyl (C=O) groups is 2. The van der Waals surface area contributed by atoms with E-state index in [2.05, 4.69) is 5.32 Å². The van der Waals surface area contributed by atoms with Crippen molar-refractivity contribution in [1.82, 2.24) is 0 Å². The quantitative estimate of drug-likeness (QED) is 0.312.